The second kappa shape index (κ2) is 7.17. The number of benzene rings is 1. The summed E-state index contributed by atoms with van der Waals surface area (Å²) in [6.07, 6.45) is 0.588. The Morgan fingerprint density at radius 2 is 1.82 bits per heavy atom. The maximum atomic E-state index is 12.0. The zero-order valence-corrected chi connectivity index (χ0v) is 14.3. The smallest absolute Gasteiger partial charge is 0.215 e. The first-order valence-corrected chi connectivity index (χ1v) is 9.45. The first kappa shape index (κ1) is 16.9. The van der Waals surface area contributed by atoms with Crippen molar-refractivity contribution >= 4 is 27.1 Å². The zero-order valence-electron chi connectivity index (χ0n) is 12.6. The predicted octanol–water partition coefficient (Wildman–Crippen LogP) is 2.92. The zero-order chi connectivity index (χ0) is 16.2. The van der Waals surface area contributed by atoms with Crippen LogP contribution in [0.4, 0.5) is 0 Å². The van der Waals surface area contributed by atoms with Gasteiger partial charge in [0.15, 0.2) is 5.78 Å². The Morgan fingerprint density at radius 3 is 2.41 bits per heavy atom. The van der Waals surface area contributed by atoms with Gasteiger partial charge in [0.05, 0.1) is 10.6 Å². The monoisotopic (exact) mass is 337 g/mol. The first-order chi connectivity index (χ1) is 10.4. The molecule has 2 rings (SSSR count). The standard InChI is InChI=1S/C16H19NO3S2/c1-12-3-5-14(6-4-12)11-22(19,20)17-10-9-15-7-8-16(21-15)13(2)18/h3-8,17H,9-11H2,1-2H3. The van der Waals surface area contributed by atoms with Gasteiger partial charge in [0.1, 0.15) is 0 Å². The number of nitrogens with one attached hydrogen (secondary N) is 1. The summed E-state index contributed by atoms with van der Waals surface area (Å²) in [6, 6.07) is 11.1. The molecule has 0 aliphatic heterocycles. The van der Waals surface area contributed by atoms with Gasteiger partial charge in [0.2, 0.25) is 10.0 Å². The summed E-state index contributed by atoms with van der Waals surface area (Å²) in [6.45, 7) is 3.83. The van der Waals surface area contributed by atoms with Gasteiger partial charge in [-0.3, -0.25) is 4.79 Å². The van der Waals surface area contributed by atoms with Crippen LogP contribution in [0, 0.1) is 6.92 Å². The Balaban J connectivity index is 1.86. The summed E-state index contributed by atoms with van der Waals surface area (Å²) in [5, 5.41) is 0. The molecule has 1 aromatic carbocycles. The number of thiophene rings is 1. The molecule has 0 amide bonds. The van der Waals surface area contributed by atoms with E-state index in [1.54, 1.807) is 6.07 Å². The van der Waals surface area contributed by atoms with E-state index in [-0.39, 0.29) is 11.5 Å². The highest BCUT2D eigenvalue weighted by atomic mass is 32.2. The summed E-state index contributed by atoms with van der Waals surface area (Å²) < 4.78 is 26.7. The Morgan fingerprint density at radius 1 is 1.14 bits per heavy atom. The molecule has 6 heteroatoms. The molecule has 0 aliphatic carbocycles. The fourth-order valence-electron chi connectivity index (χ4n) is 1.99. The van der Waals surface area contributed by atoms with Crippen LogP contribution < -0.4 is 4.72 Å². The molecule has 22 heavy (non-hydrogen) atoms. The van der Waals surface area contributed by atoms with E-state index in [0.29, 0.717) is 17.8 Å². The van der Waals surface area contributed by atoms with E-state index in [1.807, 2.05) is 37.3 Å². The second-order valence-electron chi connectivity index (χ2n) is 5.21. The minimum atomic E-state index is -3.34. The summed E-state index contributed by atoms with van der Waals surface area (Å²) >= 11 is 1.41. The third-order valence-corrected chi connectivity index (χ3v) is 5.78. The van der Waals surface area contributed by atoms with Gasteiger partial charge in [-0.15, -0.1) is 11.3 Å². The number of aryl methyl sites for hydroxylation is 1. The Hall–Kier alpha value is -1.50. The summed E-state index contributed by atoms with van der Waals surface area (Å²) in [4.78, 5) is 12.9. The lowest BCUT2D eigenvalue weighted by atomic mass is 10.2. The molecule has 1 N–H and O–H groups in total. The van der Waals surface area contributed by atoms with Crippen LogP contribution >= 0.6 is 11.3 Å². The topological polar surface area (TPSA) is 63.2 Å². The van der Waals surface area contributed by atoms with E-state index in [9.17, 15) is 13.2 Å². The van der Waals surface area contributed by atoms with Crippen molar-refractivity contribution in [1.82, 2.24) is 4.72 Å². The fraction of sp³-hybridized carbons (Fsp3) is 0.312. The molecule has 0 fully saturated rings. The lowest BCUT2D eigenvalue weighted by Gasteiger charge is -2.06. The van der Waals surface area contributed by atoms with Crippen molar-refractivity contribution in [2.75, 3.05) is 6.54 Å². The van der Waals surface area contributed by atoms with E-state index in [0.717, 1.165) is 16.0 Å². The van der Waals surface area contributed by atoms with Crippen LogP contribution in [0.5, 0.6) is 0 Å². The molecular formula is C16H19NO3S2. The number of hydrogen-bond donors (Lipinski definition) is 1. The quantitative estimate of drug-likeness (QED) is 0.790. The van der Waals surface area contributed by atoms with Crippen molar-refractivity contribution in [1.29, 1.82) is 0 Å². The van der Waals surface area contributed by atoms with Gasteiger partial charge in [-0.25, -0.2) is 13.1 Å². The van der Waals surface area contributed by atoms with Crippen molar-refractivity contribution in [3.63, 3.8) is 0 Å². The van der Waals surface area contributed by atoms with Crippen LogP contribution in [0.3, 0.4) is 0 Å². The SMILES string of the molecule is CC(=O)c1ccc(CCNS(=O)(=O)Cc2ccc(C)cc2)s1. The molecule has 0 aliphatic rings. The number of rotatable bonds is 7. The van der Waals surface area contributed by atoms with Crippen molar-refractivity contribution in [3.8, 4) is 0 Å². The molecule has 2 aromatic rings. The van der Waals surface area contributed by atoms with E-state index < -0.39 is 10.0 Å². The average molecular weight is 337 g/mol. The second-order valence-corrected chi connectivity index (χ2v) is 8.19. The average Bonchev–Trinajstić information content (AvgIpc) is 2.90. The van der Waals surface area contributed by atoms with E-state index in [1.165, 1.54) is 18.3 Å². The third-order valence-electron chi connectivity index (χ3n) is 3.18. The van der Waals surface area contributed by atoms with Crippen LogP contribution in [0.25, 0.3) is 0 Å². The maximum absolute atomic E-state index is 12.0. The molecule has 0 saturated heterocycles. The van der Waals surface area contributed by atoms with Gasteiger partial charge < -0.3 is 0 Å². The van der Waals surface area contributed by atoms with Gasteiger partial charge in [-0.1, -0.05) is 29.8 Å². The summed E-state index contributed by atoms with van der Waals surface area (Å²) in [5.41, 5.74) is 1.88. The van der Waals surface area contributed by atoms with E-state index >= 15 is 0 Å². The minimum Gasteiger partial charge on any atom is -0.294 e. The molecular weight excluding hydrogens is 318 g/mol. The number of sulfonamides is 1. The number of ketones is 1. The lowest BCUT2D eigenvalue weighted by Crippen LogP contribution is -2.27. The van der Waals surface area contributed by atoms with Crippen LogP contribution in [0.2, 0.25) is 0 Å². The summed E-state index contributed by atoms with van der Waals surface area (Å²) in [7, 11) is -3.34. The molecule has 0 radical (unpaired) electrons. The molecule has 1 heterocycles. The van der Waals surface area contributed by atoms with E-state index in [2.05, 4.69) is 4.72 Å². The van der Waals surface area contributed by atoms with Crippen LogP contribution in [0.1, 0.15) is 32.6 Å². The minimum absolute atomic E-state index is 0.0174. The first-order valence-electron chi connectivity index (χ1n) is 6.98. The largest absolute Gasteiger partial charge is 0.294 e. The lowest BCUT2D eigenvalue weighted by molar-refractivity contribution is 0.102. The molecule has 0 spiro atoms. The summed E-state index contributed by atoms with van der Waals surface area (Å²) in [5.74, 6) is 0.0207. The van der Waals surface area contributed by atoms with Crippen LogP contribution in [-0.2, 0) is 22.2 Å². The van der Waals surface area contributed by atoms with Crippen LogP contribution in [0.15, 0.2) is 36.4 Å². The highest BCUT2D eigenvalue weighted by molar-refractivity contribution is 7.88. The van der Waals surface area contributed by atoms with Crippen molar-refractivity contribution in [2.45, 2.75) is 26.0 Å². The fourth-order valence-corrected chi connectivity index (χ4v) is 4.03. The number of carbonyl (C=O) groups excluding carboxylic acids is 1. The Kier molecular flexibility index (Phi) is 5.50. The molecule has 0 unspecified atom stereocenters. The van der Waals surface area contributed by atoms with Crippen molar-refractivity contribution in [2.24, 2.45) is 0 Å². The molecule has 4 nitrogen and oxygen atoms in total. The molecule has 0 saturated carbocycles. The van der Waals surface area contributed by atoms with Crippen molar-refractivity contribution < 1.29 is 13.2 Å². The van der Waals surface area contributed by atoms with Crippen LogP contribution in [-0.4, -0.2) is 20.7 Å². The van der Waals surface area contributed by atoms with Gasteiger partial charge >= 0.3 is 0 Å². The Bertz CT molecular complexity index is 746. The normalized spacial score (nSPS) is 11.5. The third kappa shape index (κ3) is 5.05. The number of hydrogen-bond acceptors (Lipinski definition) is 4. The number of carbonyl (C=O) groups is 1. The molecule has 1 aromatic heterocycles. The predicted molar refractivity (Wildman–Crippen MR) is 89.8 cm³/mol. The number of Topliss-reactive ketones (excluding diaryl/α,β-unsaturated/α-hetero) is 1. The van der Waals surface area contributed by atoms with E-state index in [4.69, 9.17) is 0 Å². The highest BCUT2D eigenvalue weighted by Gasteiger charge is 2.11. The van der Waals surface area contributed by atoms with Gasteiger partial charge in [-0.2, -0.15) is 0 Å². The van der Waals surface area contributed by atoms with Gasteiger partial charge in [0.25, 0.3) is 0 Å². The molecule has 0 atom stereocenters. The van der Waals surface area contributed by atoms with Gasteiger partial charge in [0, 0.05) is 11.4 Å². The maximum Gasteiger partial charge on any atom is 0.215 e. The molecule has 118 valence electrons. The van der Waals surface area contributed by atoms with Crippen molar-refractivity contribution in [3.05, 3.63) is 57.3 Å². The highest BCUT2D eigenvalue weighted by Crippen LogP contribution is 2.17. The molecule has 0 bridgehead atoms. The Labute approximate surface area is 135 Å². The van der Waals surface area contributed by atoms with Gasteiger partial charge in [-0.05, 0) is 38.0 Å².